The van der Waals surface area contributed by atoms with Crippen molar-refractivity contribution in [1.82, 2.24) is 4.90 Å². The number of methoxy groups -OCH3 is 1. The van der Waals surface area contributed by atoms with E-state index in [0.717, 1.165) is 12.1 Å². The Hall–Kier alpha value is -2.18. The standard InChI is InChI=1S/C19H25F2NO4/c1-19(2,3)26-18(24)22-13(7-10-17(23)25-4)6-9-16(22)12-5-8-14(20)15(21)11-12/h5,8,11,13,16H,6-7,9-10H2,1-4H3/t13-,16+/m1/s1. The summed E-state index contributed by atoms with van der Waals surface area (Å²) in [7, 11) is 1.31. The quantitative estimate of drug-likeness (QED) is 0.740. The minimum atomic E-state index is -0.954. The van der Waals surface area contributed by atoms with Gasteiger partial charge in [0.2, 0.25) is 0 Å². The second-order valence-electron chi connectivity index (χ2n) is 7.42. The van der Waals surface area contributed by atoms with Crippen LogP contribution in [0.5, 0.6) is 0 Å². The van der Waals surface area contributed by atoms with Crippen LogP contribution in [0.3, 0.4) is 0 Å². The van der Waals surface area contributed by atoms with Gasteiger partial charge in [-0.25, -0.2) is 13.6 Å². The smallest absolute Gasteiger partial charge is 0.411 e. The maximum atomic E-state index is 13.7. The number of esters is 1. The van der Waals surface area contributed by atoms with Gasteiger partial charge in [-0.1, -0.05) is 6.07 Å². The highest BCUT2D eigenvalue weighted by Gasteiger charge is 2.40. The molecule has 0 unspecified atom stereocenters. The molecular formula is C19H25F2NO4. The van der Waals surface area contributed by atoms with E-state index in [1.165, 1.54) is 13.2 Å². The summed E-state index contributed by atoms with van der Waals surface area (Å²) in [5.74, 6) is -2.24. The Balaban J connectivity index is 2.26. The predicted molar refractivity (Wildman–Crippen MR) is 91.4 cm³/mol. The van der Waals surface area contributed by atoms with E-state index in [2.05, 4.69) is 4.74 Å². The molecule has 0 N–H and O–H groups in total. The third-order valence-electron chi connectivity index (χ3n) is 4.34. The number of carbonyl (C=O) groups is 2. The SMILES string of the molecule is COC(=O)CC[C@H]1CC[C@@H](c2ccc(F)c(F)c2)N1C(=O)OC(C)(C)C. The number of halogens is 2. The molecule has 2 atom stereocenters. The maximum Gasteiger partial charge on any atom is 0.411 e. The monoisotopic (exact) mass is 369 g/mol. The fraction of sp³-hybridized carbons (Fsp3) is 0.579. The van der Waals surface area contributed by atoms with E-state index >= 15 is 0 Å². The van der Waals surface area contributed by atoms with Crippen LogP contribution < -0.4 is 0 Å². The molecule has 0 aliphatic carbocycles. The van der Waals surface area contributed by atoms with Crippen molar-refractivity contribution in [3.05, 3.63) is 35.4 Å². The summed E-state index contributed by atoms with van der Waals surface area (Å²) in [5.41, 5.74) is -0.180. The second-order valence-corrected chi connectivity index (χ2v) is 7.42. The summed E-state index contributed by atoms with van der Waals surface area (Å²) in [6.45, 7) is 5.28. The maximum absolute atomic E-state index is 13.7. The first-order valence-corrected chi connectivity index (χ1v) is 8.65. The van der Waals surface area contributed by atoms with Crippen LogP contribution in [0.1, 0.15) is 58.1 Å². The molecule has 0 bridgehead atoms. The molecule has 0 aromatic heterocycles. The molecule has 0 saturated carbocycles. The zero-order valence-corrected chi connectivity index (χ0v) is 15.6. The Morgan fingerprint density at radius 2 is 1.88 bits per heavy atom. The molecule has 7 heteroatoms. The average Bonchev–Trinajstić information content (AvgIpc) is 2.97. The second kappa shape index (κ2) is 8.01. The van der Waals surface area contributed by atoms with Gasteiger partial charge < -0.3 is 9.47 Å². The van der Waals surface area contributed by atoms with Gasteiger partial charge in [0.25, 0.3) is 0 Å². The normalized spacial score (nSPS) is 20.2. The van der Waals surface area contributed by atoms with Crippen LogP contribution in [-0.2, 0) is 14.3 Å². The van der Waals surface area contributed by atoms with Gasteiger partial charge in [0.15, 0.2) is 11.6 Å². The summed E-state index contributed by atoms with van der Waals surface area (Å²) in [6.07, 6.45) is 1.28. The van der Waals surface area contributed by atoms with E-state index in [-0.39, 0.29) is 18.4 Å². The van der Waals surface area contributed by atoms with Crippen LogP contribution >= 0.6 is 0 Å². The summed E-state index contributed by atoms with van der Waals surface area (Å²) >= 11 is 0. The molecule has 1 aliphatic heterocycles. The minimum Gasteiger partial charge on any atom is -0.469 e. The molecule has 1 fully saturated rings. The molecule has 1 heterocycles. The molecule has 144 valence electrons. The molecule has 1 aromatic carbocycles. The lowest BCUT2D eigenvalue weighted by atomic mass is 10.0. The van der Waals surface area contributed by atoms with Crippen molar-refractivity contribution in [3.8, 4) is 0 Å². The Morgan fingerprint density at radius 1 is 1.19 bits per heavy atom. The molecule has 5 nitrogen and oxygen atoms in total. The van der Waals surface area contributed by atoms with Crippen LogP contribution in [0.15, 0.2) is 18.2 Å². The minimum absolute atomic E-state index is 0.172. The first-order chi connectivity index (χ1) is 12.1. The van der Waals surface area contributed by atoms with Crippen LogP contribution in [0, 0.1) is 11.6 Å². The van der Waals surface area contributed by atoms with E-state index in [1.807, 2.05) is 0 Å². The van der Waals surface area contributed by atoms with Gasteiger partial charge in [0.1, 0.15) is 5.60 Å². The highest BCUT2D eigenvalue weighted by Crippen LogP contribution is 2.39. The molecule has 0 spiro atoms. The molecule has 2 rings (SSSR count). The summed E-state index contributed by atoms with van der Waals surface area (Å²) < 4.78 is 37.1. The van der Waals surface area contributed by atoms with Gasteiger partial charge in [-0.3, -0.25) is 9.69 Å². The zero-order chi connectivity index (χ0) is 19.5. The molecule has 1 aliphatic rings. The molecule has 1 aromatic rings. The fourth-order valence-electron chi connectivity index (χ4n) is 3.19. The number of benzene rings is 1. The van der Waals surface area contributed by atoms with E-state index in [1.54, 1.807) is 25.7 Å². The number of amides is 1. The number of nitrogens with zero attached hydrogens (tertiary/aromatic N) is 1. The highest BCUT2D eigenvalue weighted by atomic mass is 19.2. The average molecular weight is 369 g/mol. The van der Waals surface area contributed by atoms with E-state index in [4.69, 9.17) is 4.74 Å². The van der Waals surface area contributed by atoms with Gasteiger partial charge in [-0.15, -0.1) is 0 Å². The van der Waals surface area contributed by atoms with Crippen molar-refractivity contribution in [2.75, 3.05) is 7.11 Å². The molecule has 1 saturated heterocycles. The number of carbonyl (C=O) groups excluding carboxylic acids is 2. The van der Waals surface area contributed by atoms with Gasteiger partial charge in [0, 0.05) is 12.5 Å². The van der Waals surface area contributed by atoms with Crippen LogP contribution in [-0.4, -0.2) is 35.7 Å². The number of hydrogen-bond acceptors (Lipinski definition) is 4. The Morgan fingerprint density at radius 3 is 2.46 bits per heavy atom. The lowest BCUT2D eigenvalue weighted by Crippen LogP contribution is -2.41. The van der Waals surface area contributed by atoms with Crippen LogP contribution in [0.25, 0.3) is 0 Å². The molecule has 26 heavy (non-hydrogen) atoms. The van der Waals surface area contributed by atoms with E-state index in [0.29, 0.717) is 24.8 Å². The van der Waals surface area contributed by atoms with Crippen LogP contribution in [0.2, 0.25) is 0 Å². The third-order valence-corrected chi connectivity index (χ3v) is 4.34. The molecular weight excluding hydrogens is 344 g/mol. The summed E-state index contributed by atoms with van der Waals surface area (Å²) in [5, 5.41) is 0. The van der Waals surface area contributed by atoms with Gasteiger partial charge in [0.05, 0.1) is 13.2 Å². The number of likely N-dealkylation sites (tertiary alicyclic amines) is 1. The van der Waals surface area contributed by atoms with Crippen molar-refractivity contribution in [3.63, 3.8) is 0 Å². The van der Waals surface area contributed by atoms with Gasteiger partial charge >= 0.3 is 12.1 Å². The van der Waals surface area contributed by atoms with Crippen molar-refractivity contribution in [1.29, 1.82) is 0 Å². The lowest BCUT2D eigenvalue weighted by Gasteiger charge is -2.33. The van der Waals surface area contributed by atoms with Crippen molar-refractivity contribution < 1.29 is 27.8 Å². The molecule has 1 amide bonds. The number of ether oxygens (including phenoxy) is 2. The Bertz CT molecular complexity index is 672. The summed E-state index contributed by atoms with van der Waals surface area (Å²) in [4.78, 5) is 25.7. The highest BCUT2D eigenvalue weighted by molar-refractivity contribution is 5.71. The number of hydrogen-bond donors (Lipinski definition) is 0. The molecule has 0 radical (unpaired) electrons. The third kappa shape index (κ3) is 4.93. The Kier molecular flexibility index (Phi) is 6.21. The predicted octanol–water partition coefficient (Wildman–Crippen LogP) is 4.36. The topological polar surface area (TPSA) is 55.8 Å². The van der Waals surface area contributed by atoms with Crippen LogP contribution in [0.4, 0.5) is 13.6 Å². The van der Waals surface area contributed by atoms with Gasteiger partial charge in [-0.05, 0) is 57.7 Å². The van der Waals surface area contributed by atoms with Gasteiger partial charge in [-0.2, -0.15) is 0 Å². The number of rotatable bonds is 4. The van der Waals surface area contributed by atoms with Crippen molar-refractivity contribution >= 4 is 12.1 Å². The van der Waals surface area contributed by atoms with E-state index in [9.17, 15) is 18.4 Å². The van der Waals surface area contributed by atoms with Crippen molar-refractivity contribution in [2.45, 2.75) is 64.1 Å². The summed E-state index contributed by atoms with van der Waals surface area (Å²) in [6, 6.07) is 2.98. The largest absolute Gasteiger partial charge is 0.469 e. The zero-order valence-electron chi connectivity index (χ0n) is 15.6. The lowest BCUT2D eigenvalue weighted by molar-refractivity contribution is -0.141. The fourth-order valence-corrected chi connectivity index (χ4v) is 3.19. The first kappa shape index (κ1) is 20.1. The van der Waals surface area contributed by atoms with Crippen molar-refractivity contribution in [2.24, 2.45) is 0 Å². The van der Waals surface area contributed by atoms with E-state index < -0.39 is 29.4 Å². The Labute approximate surface area is 152 Å². The first-order valence-electron chi connectivity index (χ1n) is 8.65.